The maximum atomic E-state index is 13.0. The molecule has 1 aliphatic heterocycles. The van der Waals surface area contributed by atoms with Crippen LogP contribution in [-0.2, 0) is 4.79 Å². The van der Waals surface area contributed by atoms with Crippen LogP contribution in [0.15, 0.2) is 18.2 Å². The Morgan fingerprint density at radius 1 is 1.37 bits per heavy atom. The number of aliphatic hydroxyl groups is 1. The van der Waals surface area contributed by atoms with Gasteiger partial charge in [-0.3, -0.25) is 4.79 Å². The molecular weight excluding hydrogens is 380 g/mol. The quantitative estimate of drug-likeness (QED) is 0.609. The third-order valence-corrected chi connectivity index (χ3v) is 6.94. The van der Waals surface area contributed by atoms with Gasteiger partial charge in [-0.2, -0.15) is 0 Å². The molecule has 1 aromatic rings. The summed E-state index contributed by atoms with van der Waals surface area (Å²) in [6, 6.07) is 5.50. The van der Waals surface area contributed by atoms with Crippen LogP contribution in [0.1, 0.15) is 64.4 Å². The van der Waals surface area contributed by atoms with Crippen molar-refractivity contribution in [3.05, 3.63) is 23.8 Å². The average Bonchev–Trinajstić information content (AvgIpc) is 3.50. The molecule has 4 atom stereocenters. The van der Waals surface area contributed by atoms with Gasteiger partial charge in [0.25, 0.3) is 0 Å². The van der Waals surface area contributed by atoms with Gasteiger partial charge in [0, 0.05) is 24.4 Å². The summed E-state index contributed by atoms with van der Waals surface area (Å²) in [6.07, 6.45) is 4.54. The molecule has 168 valence electrons. The normalized spacial score (nSPS) is 25.8. The smallest absolute Gasteiger partial charge is 0.239 e. The van der Waals surface area contributed by atoms with E-state index < -0.39 is 17.6 Å². The number of hydrogen-bond acceptors (Lipinski definition) is 5. The first-order valence-corrected chi connectivity index (χ1v) is 11.3. The Morgan fingerprint density at radius 3 is 2.70 bits per heavy atom. The number of ether oxygens (including phenoxy) is 2. The second-order valence-electron chi connectivity index (χ2n) is 9.37. The van der Waals surface area contributed by atoms with Crippen LogP contribution in [-0.4, -0.2) is 54.9 Å². The van der Waals surface area contributed by atoms with Crippen LogP contribution in [0.25, 0.3) is 0 Å². The lowest BCUT2D eigenvalue weighted by molar-refractivity contribution is -0.132. The number of benzene rings is 1. The van der Waals surface area contributed by atoms with E-state index in [2.05, 4.69) is 13.8 Å². The van der Waals surface area contributed by atoms with Gasteiger partial charge in [0.05, 0.1) is 25.9 Å². The van der Waals surface area contributed by atoms with E-state index in [1.807, 2.05) is 30.0 Å². The standard InChI is InChI=1S/C24H38N2O4/c1-5-6-7-20(25)23(28)26-13-19(24(3,15-26)16(2)27)18-10-11-21(29-4)22(12-18)30-14-17-8-9-17/h10-12,16-17,19-20,27H,5-9,13-15,25H2,1-4H3/t16-,19+,20-,24-/m1/s1. The topological polar surface area (TPSA) is 85.0 Å². The number of rotatable bonds is 10. The summed E-state index contributed by atoms with van der Waals surface area (Å²) >= 11 is 0. The number of methoxy groups -OCH3 is 1. The summed E-state index contributed by atoms with van der Waals surface area (Å²) in [5.74, 6) is 2.07. The lowest BCUT2D eigenvalue weighted by Crippen LogP contribution is -2.44. The largest absolute Gasteiger partial charge is 0.493 e. The van der Waals surface area contributed by atoms with Gasteiger partial charge in [0.1, 0.15) is 0 Å². The number of nitrogens with zero attached hydrogens (tertiary/aromatic N) is 1. The molecule has 1 saturated heterocycles. The molecule has 1 aliphatic carbocycles. The predicted molar refractivity (Wildman–Crippen MR) is 118 cm³/mol. The molecule has 1 saturated carbocycles. The fourth-order valence-electron chi connectivity index (χ4n) is 4.39. The van der Waals surface area contributed by atoms with Crippen molar-refractivity contribution in [3.8, 4) is 11.5 Å². The lowest BCUT2D eigenvalue weighted by Gasteiger charge is -2.34. The van der Waals surface area contributed by atoms with Gasteiger partial charge in [0.2, 0.25) is 5.91 Å². The summed E-state index contributed by atoms with van der Waals surface area (Å²) in [6.45, 7) is 7.72. The van der Waals surface area contributed by atoms with E-state index in [0.717, 1.165) is 24.2 Å². The predicted octanol–water partition coefficient (Wildman–Crippen LogP) is 3.31. The number of nitrogens with two attached hydrogens (primary N) is 1. The van der Waals surface area contributed by atoms with E-state index in [9.17, 15) is 9.90 Å². The summed E-state index contributed by atoms with van der Waals surface area (Å²) in [5.41, 5.74) is 6.78. The van der Waals surface area contributed by atoms with Crippen molar-refractivity contribution in [1.82, 2.24) is 4.90 Å². The van der Waals surface area contributed by atoms with Crippen molar-refractivity contribution in [3.63, 3.8) is 0 Å². The molecule has 1 amide bonds. The number of amides is 1. The highest BCUT2D eigenvalue weighted by molar-refractivity contribution is 5.82. The Morgan fingerprint density at radius 2 is 2.10 bits per heavy atom. The molecule has 30 heavy (non-hydrogen) atoms. The summed E-state index contributed by atoms with van der Waals surface area (Å²) in [5, 5.41) is 10.7. The Kier molecular flexibility index (Phi) is 7.30. The molecule has 6 nitrogen and oxygen atoms in total. The molecule has 3 N–H and O–H groups in total. The molecule has 6 heteroatoms. The maximum Gasteiger partial charge on any atom is 0.239 e. The first kappa shape index (κ1) is 22.9. The van der Waals surface area contributed by atoms with E-state index in [4.69, 9.17) is 15.2 Å². The SMILES string of the molecule is CCCC[C@@H](N)C(=O)N1C[C@@H](c2ccc(OC)c(OCC3CC3)c2)[C@@](C)([C@@H](C)O)C1. The highest BCUT2D eigenvalue weighted by Crippen LogP contribution is 2.47. The van der Waals surface area contributed by atoms with Gasteiger partial charge in [-0.1, -0.05) is 32.8 Å². The number of likely N-dealkylation sites (tertiary alicyclic amines) is 1. The molecule has 0 bridgehead atoms. The van der Waals surface area contributed by atoms with Gasteiger partial charge >= 0.3 is 0 Å². The Labute approximate surface area is 180 Å². The van der Waals surface area contributed by atoms with E-state index in [-0.39, 0.29) is 11.8 Å². The van der Waals surface area contributed by atoms with Crippen molar-refractivity contribution >= 4 is 5.91 Å². The van der Waals surface area contributed by atoms with Crippen LogP contribution < -0.4 is 15.2 Å². The van der Waals surface area contributed by atoms with Crippen LogP contribution in [0, 0.1) is 11.3 Å². The fourth-order valence-corrected chi connectivity index (χ4v) is 4.39. The molecular formula is C24H38N2O4. The zero-order chi connectivity index (χ0) is 21.9. The number of carbonyl (C=O) groups excluding carboxylic acids is 1. The van der Waals surface area contributed by atoms with Gasteiger partial charge in [0.15, 0.2) is 11.5 Å². The Bertz CT molecular complexity index is 734. The highest BCUT2D eigenvalue weighted by Gasteiger charge is 2.49. The van der Waals surface area contributed by atoms with E-state index in [1.54, 1.807) is 7.11 Å². The van der Waals surface area contributed by atoms with Gasteiger partial charge < -0.3 is 25.2 Å². The van der Waals surface area contributed by atoms with Gasteiger partial charge in [-0.05, 0) is 49.8 Å². The molecule has 0 aromatic heterocycles. The fraction of sp³-hybridized carbons (Fsp3) is 0.708. The minimum Gasteiger partial charge on any atom is -0.493 e. The zero-order valence-electron chi connectivity index (χ0n) is 18.9. The van der Waals surface area contributed by atoms with Crippen LogP contribution in [0.3, 0.4) is 0 Å². The second kappa shape index (κ2) is 9.56. The number of aliphatic hydroxyl groups excluding tert-OH is 1. The van der Waals surface area contributed by atoms with Gasteiger partial charge in [-0.15, -0.1) is 0 Å². The third kappa shape index (κ3) is 4.92. The van der Waals surface area contributed by atoms with Crippen molar-refractivity contribution in [2.24, 2.45) is 17.1 Å². The average molecular weight is 419 g/mol. The third-order valence-electron chi connectivity index (χ3n) is 6.94. The van der Waals surface area contributed by atoms with Crippen LogP contribution in [0.2, 0.25) is 0 Å². The molecule has 2 fully saturated rings. The maximum absolute atomic E-state index is 13.0. The summed E-state index contributed by atoms with van der Waals surface area (Å²) in [7, 11) is 1.65. The molecule has 1 heterocycles. The van der Waals surface area contributed by atoms with Crippen LogP contribution in [0.4, 0.5) is 0 Å². The monoisotopic (exact) mass is 418 g/mol. The zero-order valence-corrected chi connectivity index (χ0v) is 18.9. The van der Waals surface area contributed by atoms with Crippen molar-refractivity contribution in [2.45, 2.75) is 70.9 Å². The van der Waals surface area contributed by atoms with Crippen LogP contribution in [0.5, 0.6) is 11.5 Å². The highest BCUT2D eigenvalue weighted by atomic mass is 16.5. The molecule has 2 aliphatic rings. The van der Waals surface area contributed by atoms with Gasteiger partial charge in [-0.25, -0.2) is 0 Å². The van der Waals surface area contributed by atoms with E-state index in [0.29, 0.717) is 37.8 Å². The van der Waals surface area contributed by atoms with Crippen molar-refractivity contribution < 1.29 is 19.4 Å². The summed E-state index contributed by atoms with van der Waals surface area (Å²) in [4.78, 5) is 14.8. The van der Waals surface area contributed by atoms with E-state index >= 15 is 0 Å². The van der Waals surface area contributed by atoms with Crippen molar-refractivity contribution in [1.29, 1.82) is 0 Å². The lowest BCUT2D eigenvalue weighted by atomic mass is 9.72. The first-order valence-electron chi connectivity index (χ1n) is 11.3. The Balaban J connectivity index is 1.83. The summed E-state index contributed by atoms with van der Waals surface area (Å²) < 4.78 is 11.5. The molecule has 0 spiro atoms. The van der Waals surface area contributed by atoms with Crippen LogP contribution >= 0.6 is 0 Å². The molecule has 0 radical (unpaired) electrons. The molecule has 1 aromatic carbocycles. The molecule has 3 rings (SSSR count). The van der Waals surface area contributed by atoms with Crippen molar-refractivity contribution in [2.75, 3.05) is 26.8 Å². The number of carbonyl (C=O) groups is 1. The minimum atomic E-state index is -0.565. The number of hydrogen-bond donors (Lipinski definition) is 2. The first-order chi connectivity index (χ1) is 14.3. The minimum absolute atomic E-state index is 0.00555. The molecule has 0 unspecified atom stereocenters. The number of unbranched alkanes of at least 4 members (excludes halogenated alkanes) is 1. The van der Waals surface area contributed by atoms with E-state index in [1.165, 1.54) is 12.8 Å². The second-order valence-corrected chi connectivity index (χ2v) is 9.37. The Hall–Kier alpha value is -1.79.